The molecule has 1 fully saturated rings. The highest BCUT2D eigenvalue weighted by molar-refractivity contribution is 5.78. The van der Waals surface area contributed by atoms with Crippen LogP contribution in [0, 0.1) is 0 Å². The van der Waals surface area contributed by atoms with Crippen molar-refractivity contribution in [2.45, 2.75) is 78.6 Å². The number of piperidine rings is 1. The van der Waals surface area contributed by atoms with E-state index in [1.54, 1.807) is 32.6 Å². The SMILES string of the molecule is CCOC(=O)CN(C(=O)OC(C)(C)C)C1CCN(C(=O)OC(C)(C)C)CC1. The van der Waals surface area contributed by atoms with Crippen molar-refractivity contribution in [2.24, 2.45) is 0 Å². The Labute approximate surface area is 162 Å². The van der Waals surface area contributed by atoms with E-state index in [9.17, 15) is 14.4 Å². The minimum Gasteiger partial charge on any atom is -0.465 e. The highest BCUT2D eigenvalue weighted by atomic mass is 16.6. The molecule has 0 atom stereocenters. The Kier molecular flexibility index (Phi) is 7.92. The summed E-state index contributed by atoms with van der Waals surface area (Å²) < 4.78 is 15.8. The Bertz CT molecular complexity index is 527. The number of rotatable bonds is 4. The van der Waals surface area contributed by atoms with Crippen molar-refractivity contribution in [3.05, 3.63) is 0 Å². The summed E-state index contributed by atoms with van der Waals surface area (Å²) >= 11 is 0. The van der Waals surface area contributed by atoms with Crippen LogP contribution >= 0.6 is 0 Å². The van der Waals surface area contributed by atoms with Crippen LogP contribution in [-0.2, 0) is 19.0 Å². The Morgan fingerprint density at radius 3 is 1.93 bits per heavy atom. The van der Waals surface area contributed by atoms with Gasteiger partial charge >= 0.3 is 18.2 Å². The molecule has 1 aliphatic rings. The molecule has 0 bridgehead atoms. The lowest BCUT2D eigenvalue weighted by atomic mass is 10.0. The smallest absolute Gasteiger partial charge is 0.411 e. The van der Waals surface area contributed by atoms with Crippen LogP contribution in [0.25, 0.3) is 0 Å². The number of ether oxygens (including phenoxy) is 3. The molecule has 1 saturated heterocycles. The van der Waals surface area contributed by atoms with Crippen molar-refractivity contribution < 1.29 is 28.6 Å². The summed E-state index contributed by atoms with van der Waals surface area (Å²) in [6.07, 6.45) is 0.164. The molecule has 0 unspecified atom stereocenters. The van der Waals surface area contributed by atoms with E-state index in [2.05, 4.69) is 0 Å². The molecule has 1 heterocycles. The highest BCUT2D eigenvalue weighted by Gasteiger charge is 2.34. The quantitative estimate of drug-likeness (QED) is 0.545. The van der Waals surface area contributed by atoms with Crippen molar-refractivity contribution in [3.63, 3.8) is 0 Å². The van der Waals surface area contributed by atoms with E-state index in [1.165, 1.54) is 4.90 Å². The molecular weight excluding hydrogens is 352 g/mol. The van der Waals surface area contributed by atoms with Crippen LogP contribution in [0.2, 0.25) is 0 Å². The van der Waals surface area contributed by atoms with E-state index < -0.39 is 23.3 Å². The van der Waals surface area contributed by atoms with Gasteiger partial charge in [-0.3, -0.25) is 9.69 Å². The number of amides is 2. The summed E-state index contributed by atoms with van der Waals surface area (Å²) in [6, 6.07) is -0.206. The molecular formula is C19H34N2O6. The Morgan fingerprint density at radius 2 is 1.48 bits per heavy atom. The van der Waals surface area contributed by atoms with Gasteiger partial charge in [-0.15, -0.1) is 0 Å². The first-order valence-corrected chi connectivity index (χ1v) is 9.45. The number of nitrogens with zero attached hydrogens (tertiary/aromatic N) is 2. The summed E-state index contributed by atoms with van der Waals surface area (Å²) in [4.78, 5) is 39.8. The van der Waals surface area contributed by atoms with Crippen LogP contribution in [-0.4, -0.2) is 71.4 Å². The molecule has 0 spiro atoms. The first-order valence-electron chi connectivity index (χ1n) is 9.45. The average molecular weight is 386 g/mol. The number of likely N-dealkylation sites (tertiary alicyclic amines) is 1. The van der Waals surface area contributed by atoms with Crippen LogP contribution < -0.4 is 0 Å². The van der Waals surface area contributed by atoms with Crippen molar-refractivity contribution in [2.75, 3.05) is 26.2 Å². The van der Waals surface area contributed by atoms with Crippen molar-refractivity contribution in [1.29, 1.82) is 0 Å². The van der Waals surface area contributed by atoms with Gasteiger partial charge in [0.15, 0.2) is 0 Å². The molecule has 156 valence electrons. The summed E-state index contributed by atoms with van der Waals surface area (Å²) in [6.45, 7) is 13.5. The summed E-state index contributed by atoms with van der Waals surface area (Å²) in [5.41, 5.74) is -1.22. The zero-order valence-corrected chi connectivity index (χ0v) is 17.7. The minimum absolute atomic E-state index is 0.167. The summed E-state index contributed by atoms with van der Waals surface area (Å²) in [7, 11) is 0. The molecule has 2 amide bonds. The van der Waals surface area contributed by atoms with Crippen molar-refractivity contribution in [1.82, 2.24) is 9.80 Å². The molecule has 0 saturated carbocycles. The Balaban J connectivity index is 2.76. The van der Waals surface area contributed by atoms with Crippen LogP contribution in [0.15, 0.2) is 0 Å². The first-order chi connectivity index (χ1) is 12.3. The van der Waals surface area contributed by atoms with E-state index in [4.69, 9.17) is 14.2 Å². The number of esters is 1. The molecule has 0 N–H and O–H groups in total. The van der Waals surface area contributed by atoms with Gasteiger partial charge in [0.1, 0.15) is 17.7 Å². The largest absolute Gasteiger partial charge is 0.465 e. The second-order valence-electron chi connectivity index (χ2n) is 8.61. The second kappa shape index (κ2) is 9.28. The van der Waals surface area contributed by atoms with Gasteiger partial charge in [-0.2, -0.15) is 0 Å². The zero-order valence-electron chi connectivity index (χ0n) is 17.7. The fourth-order valence-corrected chi connectivity index (χ4v) is 2.70. The fraction of sp³-hybridized carbons (Fsp3) is 0.842. The van der Waals surface area contributed by atoms with Gasteiger partial charge in [-0.25, -0.2) is 9.59 Å². The van der Waals surface area contributed by atoms with Crippen LogP contribution in [0.1, 0.15) is 61.3 Å². The van der Waals surface area contributed by atoms with Crippen molar-refractivity contribution >= 4 is 18.2 Å². The van der Waals surface area contributed by atoms with E-state index in [0.717, 1.165) is 0 Å². The van der Waals surface area contributed by atoms with Gasteiger partial charge in [0, 0.05) is 19.1 Å². The Hall–Kier alpha value is -1.99. The van der Waals surface area contributed by atoms with E-state index in [1.807, 2.05) is 20.8 Å². The van der Waals surface area contributed by atoms with Gasteiger partial charge in [0.25, 0.3) is 0 Å². The molecule has 0 radical (unpaired) electrons. The van der Waals surface area contributed by atoms with Crippen LogP contribution in [0.3, 0.4) is 0 Å². The predicted molar refractivity (Wildman–Crippen MR) is 100 cm³/mol. The third-order valence-electron chi connectivity index (χ3n) is 3.79. The zero-order chi connectivity index (χ0) is 20.8. The lowest BCUT2D eigenvalue weighted by molar-refractivity contribution is -0.145. The molecule has 0 aromatic rings. The molecule has 0 aliphatic carbocycles. The van der Waals surface area contributed by atoms with Gasteiger partial charge in [-0.1, -0.05) is 0 Å². The lowest BCUT2D eigenvalue weighted by Gasteiger charge is -2.38. The Morgan fingerprint density at radius 1 is 0.963 bits per heavy atom. The summed E-state index contributed by atoms with van der Waals surface area (Å²) in [5.74, 6) is -0.474. The van der Waals surface area contributed by atoms with Crippen LogP contribution in [0.5, 0.6) is 0 Å². The normalized spacial score (nSPS) is 15.9. The maximum absolute atomic E-state index is 12.6. The minimum atomic E-state index is -0.665. The average Bonchev–Trinajstić information content (AvgIpc) is 2.49. The second-order valence-corrected chi connectivity index (χ2v) is 8.61. The van der Waals surface area contributed by atoms with Gasteiger partial charge < -0.3 is 19.1 Å². The number of hydrogen-bond acceptors (Lipinski definition) is 6. The van der Waals surface area contributed by atoms with Gasteiger partial charge in [0.05, 0.1) is 6.61 Å². The molecule has 0 aromatic carbocycles. The predicted octanol–water partition coefficient (Wildman–Crippen LogP) is 3.19. The fourth-order valence-electron chi connectivity index (χ4n) is 2.70. The lowest BCUT2D eigenvalue weighted by Crippen LogP contribution is -2.52. The third-order valence-corrected chi connectivity index (χ3v) is 3.79. The number of hydrogen-bond donors (Lipinski definition) is 0. The monoisotopic (exact) mass is 386 g/mol. The maximum Gasteiger partial charge on any atom is 0.411 e. The van der Waals surface area contributed by atoms with E-state index in [0.29, 0.717) is 25.9 Å². The number of carbonyl (C=O) groups is 3. The first kappa shape index (κ1) is 23.0. The van der Waals surface area contributed by atoms with E-state index >= 15 is 0 Å². The van der Waals surface area contributed by atoms with Crippen LogP contribution in [0.4, 0.5) is 9.59 Å². The van der Waals surface area contributed by atoms with E-state index in [-0.39, 0.29) is 25.3 Å². The number of carbonyl (C=O) groups excluding carboxylic acids is 3. The standard InChI is InChI=1S/C19H34N2O6/c1-8-25-15(22)13-21(17(24)27-19(5,6)7)14-9-11-20(12-10-14)16(23)26-18(2,3)4/h14H,8-13H2,1-7H3. The van der Waals surface area contributed by atoms with Gasteiger partial charge in [0.2, 0.25) is 0 Å². The van der Waals surface area contributed by atoms with Crippen molar-refractivity contribution in [3.8, 4) is 0 Å². The molecule has 0 aromatic heterocycles. The topological polar surface area (TPSA) is 85.4 Å². The van der Waals surface area contributed by atoms with Gasteiger partial charge in [-0.05, 0) is 61.3 Å². The summed E-state index contributed by atoms with van der Waals surface area (Å²) in [5, 5.41) is 0. The molecule has 1 rings (SSSR count). The molecule has 8 nitrogen and oxygen atoms in total. The third kappa shape index (κ3) is 8.49. The molecule has 8 heteroatoms. The highest BCUT2D eigenvalue weighted by Crippen LogP contribution is 2.21. The maximum atomic E-state index is 12.6. The molecule has 27 heavy (non-hydrogen) atoms. The molecule has 1 aliphatic heterocycles.